The number of nitrogens with two attached hydrogens (primary N) is 1. The Morgan fingerprint density at radius 3 is 2.89 bits per heavy atom. The van der Waals surface area contributed by atoms with Crippen molar-refractivity contribution in [2.24, 2.45) is 5.73 Å². The Hall–Kier alpha value is -1.88. The quantitative estimate of drug-likeness (QED) is 0.893. The minimum atomic E-state index is -0.0480. The van der Waals surface area contributed by atoms with Gasteiger partial charge in [0, 0.05) is 5.56 Å². The van der Waals surface area contributed by atoms with E-state index in [2.05, 4.69) is 23.3 Å². The van der Waals surface area contributed by atoms with Crippen LogP contribution in [0.3, 0.4) is 0 Å². The Kier molecular flexibility index (Phi) is 4.16. The average molecular weight is 260 g/mol. The second kappa shape index (κ2) is 5.84. The molecule has 0 aliphatic rings. The molecule has 1 atom stereocenters. The highest BCUT2D eigenvalue weighted by molar-refractivity contribution is 5.36. The predicted molar refractivity (Wildman–Crippen MR) is 74.1 cm³/mol. The summed E-state index contributed by atoms with van der Waals surface area (Å²) in [5.74, 6) is 0.863. The van der Waals surface area contributed by atoms with E-state index < -0.39 is 0 Å². The maximum absolute atomic E-state index is 5.94. The van der Waals surface area contributed by atoms with Gasteiger partial charge >= 0.3 is 0 Å². The van der Waals surface area contributed by atoms with Crippen molar-refractivity contribution in [2.45, 2.75) is 32.9 Å². The molecule has 1 heterocycles. The molecule has 0 bridgehead atoms. The monoisotopic (exact) mass is 260 g/mol. The lowest BCUT2D eigenvalue weighted by atomic mass is 10.1. The molecule has 5 heteroatoms. The van der Waals surface area contributed by atoms with Gasteiger partial charge in [-0.1, -0.05) is 29.8 Å². The first-order valence-electron chi connectivity index (χ1n) is 6.43. The molecular weight excluding hydrogens is 240 g/mol. The average Bonchev–Trinajstić information content (AvgIpc) is 2.86. The van der Waals surface area contributed by atoms with Gasteiger partial charge in [-0.25, -0.2) is 4.68 Å². The second-order valence-corrected chi connectivity index (χ2v) is 4.67. The van der Waals surface area contributed by atoms with Crippen molar-refractivity contribution in [1.82, 2.24) is 15.0 Å². The second-order valence-electron chi connectivity index (χ2n) is 4.67. The summed E-state index contributed by atoms with van der Waals surface area (Å²) in [7, 11) is 1.67. The minimum Gasteiger partial charge on any atom is -0.496 e. The standard InChI is InChI=1S/C14H20N4O/c1-4-12(15)13-9-18(17-16-13)8-11-7-10(2)5-6-14(11)19-3/h5-7,9,12H,4,8,15H2,1-3H3. The molecule has 1 aromatic heterocycles. The highest BCUT2D eigenvalue weighted by Crippen LogP contribution is 2.20. The molecule has 102 valence electrons. The fourth-order valence-corrected chi connectivity index (χ4v) is 1.98. The zero-order valence-electron chi connectivity index (χ0n) is 11.6. The SMILES string of the molecule is CCC(N)c1cn(Cc2cc(C)ccc2OC)nn1. The molecule has 0 amide bonds. The number of hydrogen-bond acceptors (Lipinski definition) is 4. The zero-order chi connectivity index (χ0) is 13.8. The van der Waals surface area contributed by atoms with Crippen LogP contribution < -0.4 is 10.5 Å². The highest BCUT2D eigenvalue weighted by atomic mass is 16.5. The van der Waals surface area contributed by atoms with Crippen LogP contribution in [-0.2, 0) is 6.54 Å². The first kappa shape index (κ1) is 13.5. The summed E-state index contributed by atoms with van der Waals surface area (Å²) in [6, 6.07) is 6.05. The van der Waals surface area contributed by atoms with E-state index in [0.717, 1.165) is 23.4 Å². The van der Waals surface area contributed by atoms with Gasteiger partial charge in [0.1, 0.15) is 5.75 Å². The third-order valence-corrected chi connectivity index (χ3v) is 3.14. The molecule has 0 fully saturated rings. The molecule has 2 rings (SSSR count). The number of methoxy groups -OCH3 is 1. The third-order valence-electron chi connectivity index (χ3n) is 3.14. The van der Waals surface area contributed by atoms with Crippen molar-refractivity contribution in [3.05, 3.63) is 41.2 Å². The number of rotatable bonds is 5. The summed E-state index contributed by atoms with van der Waals surface area (Å²) < 4.78 is 7.16. The Morgan fingerprint density at radius 1 is 1.42 bits per heavy atom. The Bertz CT molecular complexity index is 550. The summed E-state index contributed by atoms with van der Waals surface area (Å²) in [5, 5.41) is 8.22. The highest BCUT2D eigenvalue weighted by Gasteiger charge is 2.10. The molecule has 5 nitrogen and oxygen atoms in total. The fraction of sp³-hybridized carbons (Fsp3) is 0.429. The Balaban J connectivity index is 2.21. The van der Waals surface area contributed by atoms with Crippen LogP contribution in [-0.4, -0.2) is 22.1 Å². The van der Waals surface area contributed by atoms with Crippen LogP contribution in [0.4, 0.5) is 0 Å². The maximum atomic E-state index is 5.94. The van der Waals surface area contributed by atoms with E-state index in [1.807, 2.05) is 25.3 Å². The van der Waals surface area contributed by atoms with Crippen molar-refractivity contribution in [3.63, 3.8) is 0 Å². The first-order chi connectivity index (χ1) is 9.13. The van der Waals surface area contributed by atoms with Gasteiger partial charge in [-0.05, 0) is 19.4 Å². The van der Waals surface area contributed by atoms with Crippen LogP contribution in [0.15, 0.2) is 24.4 Å². The summed E-state index contributed by atoms with van der Waals surface area (Å²) in [5.41, 5.74) is 9.05. The van der Waals surface area contributed by atoms with Gasteiger partial charge in [-0.2, -0.15) is 0 Å². The normalized spacial score (nSPS) is 12.4. The fourth-order valence-electron chi connectivity index (χ4n) is 1.98. The number of nitrogens with zero attached hydrogens (tertiary/aromatic N) is 3. The van der Waals surface area contributed by atoms with Crippen LogP contribution in [0.2, 0.25) is 0 Å². The van der Waals surface area contributed by atoms with Crippen molar-refractivity contribution in [3.8, 4) is 5.75 Å². The first-order valence-corrected chi connectivity index (χ1v) is 6.43. The van der Waals surface area contributed by atoms with Crippen LogP contribution in [0, 0.1) is 6.92 Å². The smallest absolute Gasteiger partial charge is 0.123 e. The molecule has 0 saturated heterocycles. The van der Waals surface area contributed by atoms with Crippen molar-refractivity contribution in [1.29, 1.82) is 0 Å². The lowest BCUT2D eigenvalue weighted by Crippen LogP contribution is -2.08. The van der Waals surface area contributed by atoms with Gasteiger partial charge in [-0.15, -0.1) is 5.10 Å². The molecule has 0 spiro atoms. The van der Waals surface area contributed by atoms with Gasteiger partial charge in [-0.3, -0.25) is 0 Å². The van der Waals surface area contributed by atoms with E-state index in [-0.39, 0.29) is 6.04 Å². The topological polar surface area (TPSA) is 66.0 Å². The third kappa shape index (κ3) is 3.12. The summed E-state index contributed by atoms with van der Waals surface area (Å²) >= 11 is 0. The molecule has 1 unspecified atom stereocenters. The van der Waals surface area contributed by atoms with Gasteiger partial charge in [0.15, 0.2) is 0 Å². The zero-order valence-corrected chi connectivity index (χ0v) is 11.6. The molecule has 0 saturated carbocycles. The van der Waals surface area contributed by atoms with Gasteiger partial charge in [0.2, 0.25) is 0 Å². The minimum absolute atomic E-state index is 0.0480. The molecule has 19 heavy (non-hydrogen) atoms. The van der Waals surface area contributed by atoms with Crippen molar-refractivity contribution in [2.75, 3.05) is 7.11 Å². The molecule has 0 aliphatic heterocycles. The van der Waals surface area contributed by atoms with Crippen molar-refractivity contribution >= 4 is 0 Å². The number of aromatic nitrogens is 3. The number of ether oxygens (including phenoxy) is 1. The van der Waals surface area contributed by atoms with Gasteiger partial charge in [0.25, 0.3) is 0 Å². The number of aryl methyl sites for hydroxylation is 1. The number of hydrogen-bond donors (Lipinski definition) is 1. The Labute approximate surface area is 113 Å². The summed E-state index contributed by atoms with van der Waals surface area (Å²) in [6.07, 6.45) is 2.75. The molecule has 0 aliphatic carbocycles. The lowest BCUT2D eigenvalue weighted by molar-refractivity contribution is 0.407. The molecule has 2 aromatic rings. The maximum Gasteiger partial charge on any atom is 0.123 e. The van der Waals surface area contributed by atoms with E-state index in [1.165, 1.54) is 5.56 Å². The van der Waals surface area contributed by atoms with Crippen LogP contribution in [0.1, 0.15) is 36.2 Å². The van der Waals surface area contributed by atoms with Crippen molar-refractivity contribution < 1.29 is 4.74 Å². The molecule has 0 radical (unpaired) electrons. The molecule has 1 aromatic carbocycles. The van der Waals surface area contributed by atoms with E-state index in [0.29, 0.717) is 6.54 Å². The molecular formula is C14H20N4O. The van der Waals surface area contributed by atoms with Crippen LogP contribution in [0.5, 0.6) is 5.75 Å². The molecule has 2 N–H and O–H groups in total. The largest absolute Gasteiger partial charge is 0.496 e. The van der Waals surface area contributed by atoms with Crippen LogP contribution in [0.25, 0.3) is 0 Å². The van der Waals surface area contributed by atoms with E-state index in [1.54, 1.807) is 11.8 Å². The number of benzene rings is 1. The van der Waals surface area contributed by atoms with Crippen LogP contribution >= 0.6 is 0 Å². The predicted octanol–water partition coefficient (Wildman–Crippen LogP) is 2.05. The summed E-state index contributed by atoms with van der Waals surface area (Å²) in [4.78, 5) is 0. The van der Waals surface area contributed by atoms with Gasteiger partial charge in [0.05, 0.1) is 31.6 Å². The van der Waals surface area contributed by atoms with Gasteiger partial charge < -0.3 is 10.5 Å². The van der Waals surface area contributed by atoms with E-state index in [4.69, 9.17) is 10.5 Å². The lowest BCUT2D eigenvalue weighted by Gasteiger charge is -2.09. The summed E-state index contributed by atoms with van der Waals surface area (Å²) in [6.45, 7) is 4.73. The van der Waals surface area contributed by atoms with E-state index in [9.17, 15) is 0 Å². The Morgan fingerprint density at radius 2 is 2.21 bits per heavy atom. The van der Waals surface area contributed by atoms with E-state index >= 15 is 0 Å².